The van der Waals surface area contributed by atoms with Gasteiger partial charge in [-0.3, -0.25) is 80.9 Å². The maximum Gasteiger partial charge on any atom is 0.328 e. The first-order valence-corrected chi connectivity index (χ1v) is 38.1. The molecule has 4 aromatic carbocycles. The molecule has 115 heavy (non-hydrogen) atoms. The molecule has 16 rings (SSSR count). The third-order valence-corrected chi connectivity index (χ3v) is 24.1. The van der Waals surface area contributed by atoms with Crippen molar-refractivity contribution in [3.63, 3.8) is 0 Å². The van der Waals surface area contributed by atoms with Crippen LogP contribution in [0.5, 0.6) is 0 Å². The number of carbonyl (C=O) groups excluding carboxylic acids is 12. The molecule has 0 saturated carbocycles. The molecule has 16 amide bonds. The van der Waals surface area contributed by atoms with Crippen molar-refractivity contribution in [3.8, 4) is 0 Å². The second-order valence-corrected chi connectivity index (χ2v) is 33.3. The largest absolute Gasteiger partial charge is 0.371 e. The van der Waals surface area contributed by atoms with Crippen LogP contribution in [0.3, 0.4) is 0 Å². The lowest BCUT2D eigenvalue weighted by Crippen LogP contribution is -2.76. The predicted octanol–water partition coefficient (Wildman–Crippen LogP) is 7.28. The van der Waals surface area contributed by atoms with Crippen LogP contribution in [-0.4, -0.2) is 171 Å². The van der Waals surface area contributed by atoms with Gasteiger partial charge in [-0.1, -0.05) is 55.4 Å². The number of urea groups is 4. The average molecular weight is 1680 g/mol. The summed E-state index contributed by atoms with van der Waals surface area (Å²) in [5, 5.41) is 17.3. The van der Waals surface area contributed by atoms with E-state index in [1.54, 1.807) is 28.5 Å². The molecule has 38 heteroatoms. The Hall–Kier alpha value is -10.2. The first-order chi connectivity index (χ1) is 54.0. The number of nitrogens with one attached hydrogen (secondary N) is 8. The lowest BCUT2D eigenvalue weighted by atomic mass is 9.65. The minimum atomic E-state index is -1.81. The van der Waals surface area contributed by atoms with Crippen molar-refractivity contribution in [2.24, 2.45) is 45.3 Å². The summed E-state index contributed by atoms with van der Waals surface area (Å²) in [6.07, 6.45) is -4.57. The van der Waals surface area contributed by atoms with Crippen LogP contribution in [0.4, 0.5) is 82.7 Å². The Bertz CT molecular complexity index is 4850. The van der Waals surface area contributed by atoms with Crippen LogP contribution in [-0.2, 0) is 83.0 Å². The van der Waals surface area contributed by atoms with Gasteiger partial charge in [0.15, 0.2) is 56.6 Å². The second-order valence-electron chi connectivity index (χ2n) is 32.5. The summed E-state index contributed by atoms with van der Waals surface area (Å²) >= 11 is 3.00. The first-order valence-electron chi connectivity index (χ1n) is 37.4. The number of barbiturate groups is 4. The van der Waals surface area contributed by atoms with Gasteiger partial charge in [-0.15, -0.1) is 0 Å². The highest BCUT2D eigenvalue weighted by atomic mass is 79.9. The molecule has 0 radical (unpaired) electrons. The zero-order chi connectivity index (χ0) is 84.0. The van der Waals surface area contributed by atoms with Crippen molar-refractivity contribution in [1.29, 1.82) is 0 Å². The molecule has 8 N–H and O–H groups in total. The Morgan fingerprint density at radius 3 is 1.00 bits per heavy atom. The third kappa shape index (κ3) is 13.3. The predicted molar refractivity (Wildman–Crippen MR) is 392 cm³/mol. The number of amides is 16. The first kappa shape index (κ1) is 82.7. The molecule has 12 aliphatic heterocycles. The van der Waals surface area contributed by atoms with Gasteiger partial charge in [0, 0.05) is 63.3 Å². The standard InChI is InChI=1S/C20H20F2N4O4.C19H20BrF2N3O4.2C19H21F2N3O4/c1-8(2)15-16-20(17(27)24-19(29)25-18(20)28)6-10-5-11(23-4)12(21)13(22)14(10)26(16)7-9(3)30-15;1-7(2)14-15-19(16(26)23-18(28)24-17(19)27)5-9-4-10(20)11(21)12(22)13(9)25(15)6-8(3)29-14;1-8(2)14-15-19(16(25)22-18(27)23-17(19)26)6-10-4-11(20)12(21)5-13(10)24(15)7-9(3)28-14;1-8(2)14-15-19(16(25)22-18(27)23-17(19)26)6-10-4-11(20)5-12(21)13(10)24(15)7-9(3)28-14/h5,8-9,15-16H,6-7H2,1-3H3,(H2,24,25,27,28,29);4,7-8,14-15H,5-6H2,1-3H3,(H2,23,24,26,27,28);2*4-5,8-9,14-15H,6-7H2,1-3H3,(H2,22,23,25,26,27)/t9-,15+,16-;8-,14+,15-;2*9-,14+,15-/m1111/s1. The van der Waals surface area contributed by atoms with Crippen molar-refractivity contribution in [3.05, 3.63) is 121 Å². The van der Waals surface area contributed by atoms with E-state index in [-0.39, 0.29) is 120 Å². The third-order valence-electron chi connectivity index (χ3n) is 23.5. The summed E-state index contributed by atoms with van der Waals surface area (Å²) in [6.45, 7) is 30.1. The van der Waals surface area contributed by atoms with E-state index in [0.29, 0.717) is 23.4 Å². The molecule has 29 nitrogen and oxygen atoms in total. The van der Waals surface area contributed by atoms with Crippen LogP contribution in [0, 0.1) is 98.4 Å². The number of benzene rings is 4. The van der Waals surface area contributed by atoms with E-state index >= 15 is 8.78 Å². The summed E-state index contributed by atoms with van der Waals surface area (Å²) in [5.74, 6) is -14.9. The number of fused-ring (bicyclic) bond motifs is 16. The molecule has 0 unspecified atom stereocenters. The van der Waals surface area contributed by atoms with Gasteiger partial charge in [0.25, 0.3) is 0 Å². The molecule has 12 atom stereocenters. The Morgan fingerprint density at radius 2 is 0.661 bits per heavy atom. The van der Waals surface area contributed by atoms with E-state index < -0.39 is 200 Å². The van der Waals surface area contributed by atoms with Gasteiger partial charge < -0.3 is 38.5 Å². The molecule has 4 aromatic rings. The minimum absolute atomic E-state index is 0.0274. The number of halogens is 9. The van der Waals surface area contributed by atoms with Crippen molar-refractivity contribution in [2.45, 2.75) is 182 Å². The van der Waals surface area contributed by atoms with Gasteiger partial charge in [-0.05, 0) is 120 Å². The van der Waals surface area contributed by atoms with Gasteiger partial charge in [-0.25, -0.2) is 59.1 Å². The van der Waals surface area contributed by atoms with Crippen LogP contribution in [0.2, 0.25) is 0 Å². The molecule has 614 valence electrons. The number of hydrogen-bond acceptors (Lipinski definition) is 20. The number of ether oxygens (including phenoxy) is 4. The van der Waals surface area contributed by atoms with E-state index in [1.165, 1.54) is 17.0 Å². The van der Waals surface area contributed by atoms with E-state index in [9.17, 15) is 83.9 Å². The summed E-state index contributed by atoms with van der Waals surface area (Å²) in [7, 11) is 0. The van der Waals surface area contributed by atoms with Crippen LogP contribution in [0.25, 0.3) is 4.85 Å². The molecule has 12 aliphatic rings. The van der Waals surface area contributed by atoms with Gasteiger partial charge in [0.05, 0.1) is 101 Å². The Balaban J connectivity index is 0.000000134. The summed E-state index contributed by atoms with van der Waals surface area (Å²) in [4.78, 5) is 161. The maximum absolute atomic E-state index is 15.1. The smallest absolute Gasteiger partial charge is 0.328 e. The number of anilines is 4. The fourth-order valence-electron chi connectivity index (χ4n) is 18.9. The molecule has 0 bridgehead atoms. The summed E-state index contributed by atoms with van der Waals surface area (Å²) in [6, 6.07) is -0.534. The zero-order valence-corrected chi connectivity index (χ0v) is 65.6. The summed E-state index contributed by atoms with van der Waals surface area (Å²) < 4.78 is 140. The molecule has 0 aliphatic carbocycles. The SMILES string of the molecule is CC(C)[C@@H]1O[C@H](C)CN2c3c(F)cc(F)cc3CC3(C(=O)NC(=O)NC3=O)[C@@H]12.CC(C)[C@@H]1O[C@H](C)CN2c3c(cc(Br)c(F)c3F)CC3(C(=O)NC(=O)NC3=O)[C@@H]12.CC(C)[C@@H]1O[C@H](C)CN2c3cc(F)c(F)cc3CC3(C(=O)NC(=O)NC3=O)[C@@H]12.[C-]#[N+]c1cc2c(c(F)c1F)N1C[C@@H](C)O[C@@H](C(C)C)[C@@H]1C1(C2)C(=O)NC(=O)NC1=O. The van der Waals surface area contributed by atoms with Gasteiger partial charge >= 0.3 is 24.1 Å². The fraction of sp³-hybridized carbons (Fsp3) is 0.519. The maximum atomic E-state index is 15.1. The normalized spacial score (nSPS) is 28.2. The van der Waals surface area contributed by atoms with Gasteiger partial charge in [0.1, 0.15) is 11.6 Å². The lowest BCUT2D eigenvalue weighted by Gasteiger charge is -2.56. The molecule has 8 saturated heterocycles. The van der Waals surface area contributed by atoms with Crippen molar-refractivity contribution < 1.29 is 112 Å². The highest BCUT2D eigenvalue weighted by Crippen LogP contribution is 2.55. The van der Waals surface area contributed by atoms with E-state index in [2.05, 4.69) is 63.3 Å². The number of rotatable bonds is 4. The molecule has 8 fully saturated rings. The van der Waals surface area contributed by atoms with E-state index in [1.807, 2.05) is 69.2 Å². The lowest BCUT2D eigenvalue weighted by molar-refractivity contribution is -0.157. The monoisotopic (exact) mass is 1680 g/mol. The Morgan fingerprint density at radius 1 is 0.374 bits per heavy atom. The van der Waals surface area contributed by atoms with Gasteiger partial charge in [-0.2, -0.15) is 0 Å². The van der Waals surface area contributed by atoms with Crippen LogP contribution >= 0.6 is 15.9 Å². The second kappa shape index (κ2) is 30.1. The van der Waals surface area contributed by atoms with Crippen LogP contribution in [0.15, 0.2) is 40.9 Å². The number of imide groups is 8. The molecule has 0 aromatic heterocycles. The average Bonchev–Trinajstić information content (AvgIpc) is 0.717. The molecular weight excluding hydrogens is 1590 g/mol. The minimum Gasteiger partial charge on any atom is -0.371 e. The number of hydrogen-bond donors (Lipinski definition) is 8. The van der Waals surface area contributed by atoms with Crippen molar-refractivity contribution >= 4 is 116 Å². The van der Waals surface area contributed by atoms with E-state index in [4.69, 9.17) is 25.5 Å². The zero-order valence-electron chi connectivity index (χ0n) is 64.0. The number of nitrogens with zero attached hydrogens (tertiary/aromatic N) is 5. The van der Waals surface area contributed by atoms with Crippen LogP contribution in [0.1, 0.15) is 105 Å². The topological polar surface area (TPSA) is 355 Å². The highest BCUT2D eigenvalue weighted by molar-refractivity contribution is 9.10. The van der Waals surface area contributed by atoms with Gasteiger partial charge in [0.2, 0.25) is 52.9 Å². The molecule has 12 heterocycles. The van der Waals surface area contributed by atoms with Crippen molar-refractivity contribution in [2.75, 3.05) is 45.8 Å². The highest BCUT2D eigenvalue weighted by Gasteiger charge is 2.69. The Kier molecular flexibility index (Phi) is 21.7. The van der Waals surface area contributed by atoms with E-state index in [0.717, 1.165) is 24.3 Å². The number of morpholine rings is 4. The summed E-state index contributed by atoms with van der Waals surface area (Å²) in [5.41, 5.74) is -5.91. The fourth-order valence-corrected chi connectivity index (χ4v) is 19.4. The Labute approximate surface area is 661 Å². The van der Waals surface area contributed by atoms with Crippen molar-refractivity contribution in [1.82, 2.24) is 42.5 Å². The van der Waals surface area contributed by atoms with Crippen LogP contribution < -0.4 is 62.1 Å². The number of carbonyl (C=O) groups is 12. The molecule has 4 spiro atoms. The quantitative estimate of drug-likeness (QED) is 0.0430. The molecular formula is C77H82BrF8N13O16.